The minimum atomic E-state index is 0.782. The summed E-state index contributed by atoms with van der Waals surface area (Å²) in [5.41, 5.74) is 8.54. The number of nitrogen functional groups attached to an aromatic ring is 1. The predicted octanol–water partition coefficient (Wildman–Crippen LogP) is 2.11. The van der Waals surface area contributed by atoms with Crippen molar-refractivity contribution >= 4 is 17.0 Å². The van der Waals surface area contributed by atoms with Gasteiger partial charge in [-0.15, -0.1) is 11.3 Å². The average molecular weight is 219 g/mol. The lowest BCUT2D eigenvalue weighted by atomic mass is 10.1. The highest BCUT2D eigenvalue weighted by Gasteiger charge is 2.03. The van der Waals surface area contributed by atoms with Gasteiger partial charge >= 0.3 is 0 Å². The van der Waals surface area contributed by atoms with Gasteiger partial charge in [0.2, 0.25) is 0 Å². The van der Waals surface area contributed by atoms with E-state index in [0.717, 1.165) is 28.5 Å². The van der Waals surface area contributed by atoms with Crippen LogP contribution in [0.3, 0.4) is 0 Å². The molecule has 1 heterocycles. The van der Waals surface area contributed by atoms with Gasteiger partial charge < -0.3 is 11.1 Å². The number of nitrogens with zero attached hydrogens (tertiary/aromatic N) is 1. The summed E-state index contributed by atoms with van der Waals surface area (Å²) >= 11 is 1.67. The van der Waals surface area contributed by atoms with Crippen molar-refractivity contribution in [2.45, 2.75) is 6.54 Å². The Bertz CT molecular complexity index is 433. The summed E-state index contributed by atoms with van der Waals surface area (Å²) in [5.74, 6) is 0. The van der Waals surface area contributed by atoms with Crippen LogP contribution in [0.15, 0.2) is 29.6 Å². The summed E-state index contributed by atoms with van der Waals surface area (Å²) in [4.78, 5) is 4.52. The Kier molecular flexibility index (Phi) is 2.99. The zero-order chi connectivity index (χ0) is 10.7. The highest BCUT2D eigenvalue weighted by molar-refractivity contribution is 7.09. The third-order valence-corrected chi connectivity index (χ3v) is 2.94. The minimum absolute atomic E-state index is 0.782. The van der Waals surface area contributed by atoms with Crippen LogP contribution >= 0.6 is 11.3 Å². The Hall–Kier alpha value is -1.39. The highest BCUT2D eigenvalue weighted by Crippen LogP contribution is 2.22. The molecule has 0 saturated carbocycles. The van der Waals surface area contributed by atoms with Crippen LogP contribution in [0.1, 0.15) is 5.01 Å². The summed E-state index contributed by atoms with van der Waals surface area (Å²) in [7, 11) is 1.92. The van der Waals surface area contributed by atoms with E-state index in [9.17, 15) is 0 Å². The number of thiazole rings is 1. The molecule has 3 N–H and O–H groups in total. The molecule has 0 spiro atoms. The van der Waals surface area contributed by atoms with Gasteiger partial charge in [0.05, 0.1) is 5.69 Å². The number of nitrogens with two attached hydrogens (primary N) is 1. The van der Waals surface area contributed by atoms with Gasteiger partial charge in [-0.25, -0.2) is 4.98 Å². The molecule has 0 atom stereocenters. The SMILES string of the molecule is CNCc1nc(-c2ccc(N)cc2)cs1. The minimum Gasteiger partial charge on any atom is -0.399 e. The van der Waals surface area contributed by atoms with Crippen molar-refractivity contribution in [3.63, 3.8) is 0 Å². The molecular weight excluding hydrogens is 206 g/mol. The quantitative estimate of drug-likeness (QED) is 0.777. The zero-order valence-electron chi connectivity index (χ0n) is 8.53. The van der Waals surface area contributed by atoms with E-state index in [4.69, 9.17) is 5.73 Å². The molecule has 0 saturated heterocycles. The van der Waals surface area contributed by atoms with Crippen molar-refractivity contribution < 1.29 is 0 Å². The number of nitrogens with one attached hydrogen (secondary N) is 1. The van der Waals surface area contributed by atoms with Crippen LogP contribution in [0.5, 0.6) is 0 Å². The number of benzene rings is 1. The summed E-state index contributed by atoms with van der Waals surface area (Å²) in [6, 6.07) is 7.78. The first kappa shape index (κ1) is 10.1. The number of anilines is 1. The van der Waals surface area contributed by atoms with Crippen molar-refractivity contribution in [3.8, 4) is 11.3 Å². The molecule has 3 nitrogen and oxygen atoms in total. The van der Waals surface area contributed by atoms with Crippen LogP contribution in [0, 0.1) is 0 Å². The first-order valence-electron chi connectivity index (χ1n) is 4.74. The standard InChI is InChI=1S/C11H13N3S/c1-13-6-11-14-10(7-15-11)8-2-4-9(12)5-3-8/h2-5,7,13H,6,12H2,1H3. The summed E-state index contributed by atoms with van der Waals surface area (Å²) in [5, 5.41) is 6.25. The Morgan fingerprint density at radius 2 is 2.07 bits per heavy atom. The molecule has 0 unspecified atom stereocenters. The van der Waals surface area contributed by atoms with Crippen molar-refractivity contribution in [3.05, 3.63) is 34.7 Å². The fourth-order valence-corrected chi connectivity index (χ4v) is 2.14. The molecule has 1 aromatic heterocycles. The molecular formula is C11H13N3S. The van der Waals surface area contributed by atoms with E-state index in [0.29, 0.717) is 0 Å². The smallest absolute Gasteiger partial charge is 0.107 e. The molecule has 0 aliphatic heterocycles. The third-order valence-electron chi connectivity index (χ3n) is 2.09. The molecule has 0 amide bonds. The van der Waals surface area contributed by atoms with Crippen LogP contribution in [0.2, 0.25) is 0 Å². The van der Waals surface area contributed by atoms with E-state index in [1.165, 1.54) is 0 Å². The third kappa shape index (κ3) is 2.34. The first-order valence-corrected chi connectivity index (χ1v) is 5.62. The van der Waals surface area contributed by atoms with Crippen LogP contribution in [-0.2, 0) is 6.54 Å². The van der Waals surface area contributed by atoms with Gasteiger partial charge in [-0.05, 0) is 19.2 Å². The Labute approximate surface area is 93.0 Å². The van der Waals surface area contributed by atoms with Crippen LogP contribution < -0.4 is 11.1 Å². The van der Waals surface area contributed by atoms with Gasteiger partial charge in [0.15, 0.2) is 0 Å². The molecule has 0 aliphatic carbocycles. The van der Waals surface area contributed by atoms with E-state index in [1.54, 1.807) is 11.3 Å². The lowest BCUT2D eigenvalue weighted by Gasteiger charge is -1.97. The number of rotatable bonds is 3. The molecule has 2 rings (SSSR count). The Morgan fingerprint density at radius 3 is 2.73 bits per heavy atom. The van der Waals surface area contributed by atoms with Crippen LogP contribution in [-0.4, -0.2) is 12.0 Å². The molecule has 2 aromatic rings. The lowest BCUT2D eigenvalue weighted by molar-refractivity contribution is 0.811. The number of hydrogen-bond donors (Lipinski definition) is 2. The second kappa shape index (κ2) is 4.42. The fraction of sp³-hybridized carbons (Fsp3) is 0.182. The van der Waals surface area contributed by atoms with Gasteiger partial charge in [-0.1, -0.05) is 12.1 Å². The summed E-state index contributed by atoms with van der Waals surface area (Å²) in [6.07, 6.45) is 0. The maximum Gasteiger partial charge on any atom is 0.107 e. The number of hydrogen-bond acceptors (Lipinski definition) is 4. The average Bonchev–Trinajstić information content (AvgIpc) is 2.68. The highest BCUT2D eigenvalue weighted by atomic mass is 32.1. The molecule has 1 aromatic carbocycles. The first-order chi connectivity index (χ1) is 7.29. The molecule has 0 radical (unpaired) electrons. The van der Waals surface area contributed by atoms with Crippen LogP contribution in [0.4, 0.5) is 5.69 Å². The van der Waals surface area contributed by atoms with E-state index >= 15 is 0 Å². The van der Waals surface area contributed by atoms with Crippen molar-refractivity contribution in [1.29, 1.82) is 0 Å². The summed E-state index contributed by atoms with van der Waals surface area (Å²) < 4.78 is 0. The van der Waals surface area contributed by atoms with Gasteiger partial charge in [0, 0.05) is 23.2 Å². The maximum absolute atomic E-state index is 5.63. The van der Waals surface area contributed by atoms with E-state index in [-0.39, 0.29) is 0 Å². The molecule has 4 heteroatoms. The Balaban J connectivity index is 2.25. The van der Waals surface area contributed by atoms with Crippen molar-refractivity contribution in [2.24, 2.45) is 0 Å². The fourth-order valence-electron chi connectivity index (χ4n) is 1.33. The molecule has 0 bridgehead atoms. The van der Waals surface area contributed by atoms with Gasteiger partial charge in [0.25, 0.3) is 0 Å². The molecule has 15 heavy (non-hydrogen) atoms. The zero-order valence-corrected chi connectivity index (χ0v) is 9.34. The normalized spacial score (nSPS) is 10.5. The van der Waals surface area contributed by atoms with Crippen molar-refractivity contribution in [1.82, 2.24) is 10.3 Å². The van der Waals surface area contributed by atoms with Gasteiger partial charge in [-0.3, -0.25) is 0 Å². The molecule has 0 aliphatic rings. The van der Waals surface area contributed by atoms with Gasteiger partial charge in [0.1, 0.15) is 5.01 Å². The van der Waals surface area contributed by atoms with E-state index < -0.39 is 0 Å². The van der Waals surface area contributed by atoms with E-state index in [1.807, 2.05) is 31.3 Å². The van der Waals surface area contributed by atoms with E-state index in [2.05, 4.69) is 15.7 Å². The monoisotopic (exact) mass is 219 g/mol. The summed E-state index contributed by atoms with van der Waals surface area (Å²) in [6.45, 7) is 0.819. The lowest BCUT2D eigenvalue weighted by Crippen LogP contribution is -2.04. The van der Waals surface area contributed by atoms with Crippen LogP contribution in [0.25, 0.3) is 11.3 Å². The number of aromatic nitrogens is 1. The Morgan fingerprint density at radius 1 is 1.33 bits per heavy atom. The van der Waals surface area contributed by atoms with Gasteiger partial charge in [-0.2, -0.15) is 0 Å². The topological polar surface area (TPSA) is 50.9 Å². The second-order valence-corrected chi connectivity index (χ2v) is 4.22. The maximum atomic E-state index is 5.63. The predicted molar refractivity (Wildman–Crippen MR) is 64.7 cm³/mol. The molecule has 78 valence electrons. The second-order valence-electron chi connectivity index (χ2n) is 3.28. The molecule has 0 fully saturated rings. The van der Waals surface area contributed by atoms with Crippen molar-refractivity contribution in [2.75, 3.05) is 12.8 Å². The largest absolute Gasteiger partial charge is 0.399 e.